The fourth-order valence-corrected chi connectivity index (χ4v) is 2.32. The molecule has 94 valence electrons. The standard InChI is InChI=1S/C11H16ClN3O2/c1-8-13-10(14-17-8)6-9-2-4-15(5-3-9)11(16)7-12/h9H,2-7H2,1H3. The molecule has 1 saturated heterocycles. The summed E-state index contributed by atoms with van der Waals surface area (Å²) in [6.07, 6.45) is 2.80. The largest absolute Gasteiger partial charge is 0.342 e. The van der Waals surface area contributed by atoms with Crippen LogP contribution in [0.2, 0.25) is 0 Å². The summed E-state index contributed by atoms with van der Waals surface area (Å²) in [5.41, 5.74) is 0. The maximum atomic E-state index is 11.4. The summed E-state index contributed by atoms with van der Waals surface area (Å²) in [7, 11) is 0. The highest BCUT2D eigenvalue weighted by molar-refractivity contribution is 6.27. The molecule has 1 aliphatic rings. The van der Waals surface area contributed by atoms with E-state index in [1.807, 2.05) is 4.90 Å². The third-order valence-electron chi connectivity index (χ3n) is 3.12. The van der Waals surface area contributed by atoms with Crippen molar-refractivity contribution in [1.82, 2.24) is 15.0 Å². The van der Waals surface area contributed by atoms with E-state index in [1.54, 1.807) is 6.92 Å². The van der Waals surface area contributed by atoms with E-state index in [9.17, 15) is 4.79 Å². The van der Waals surface area contributed by atoms with Gasteiger partial charge in [0.05, 0.1) is 0 Å². The second-order valence-corrected chi connectivity index (χ2v) is 4.66. The van der Waals surface area contributed by atoms with Crippen molar-refractivity contribution in [2.24, 2.45) is 5.92 Å². The number of likely N-dealkylation sites (tertiary alicyclic amines) is 1. The Morgan fingerprint density at radius 1 is 1.53 bits per heavy atom. The van der Waals surface area contributed by atoms with Crippen molar-refractivity contribution in [3.63, 3.8) is 0 Å². The Morgan fingerprint density at radius 3 is 2.76 bits per heavy atom. The van der Waals surface area contributed by atoms with Gasteiger partial charge in [0.25, 0.3) is 0 Å². The van der Waals surface area contributed by atoms with E-state index < -0.39 is 0 Å². The second kappa shape index (κ2) is 5.49. The molecule has 5 nitrogen and oxygen atoms in total. The van der Waals surface area contributed by atoms with Crippen LogP contribution in [0.5, 0.6) is 0 Å². The number of piperidine rings is 1. The third kappa shape index (κ3) is 3.19. The molecule has 2 heterocycles. The molecule has 2 rings (SSSR count). The number of hydrogen-bond donors (Lipinski definition) is 0. The van der Waals surface area contributed by atoms with Crippen molar-refractivity contribution in [2.75, 3.05) is 19.0 Å². The lowest BCUT2D eigenvalue weighted by molar-refractivity contribution is -0.129. The molecule has 0 spiro atoms. The zero-order valence-corrected chi connectivity index (χ0v) is 10.6. The van der Waals surface area contributed by atoms with Gasteiger partial charge in [-0.25, -0.2) is 0 Å². The van der Waals surface area contributed by atoms with E-state index in [1.165, 1.54) is 0 Å². The minimum Gasteiger partial charge on any atom is -0.342 e. The summed E-state index contributed by atoms with van der Waals surface area (Å²) in [6, 6.07) is 0. The molecule has 0 radical (unpaired) electrons. The number of amides is 1. The Hall–Kier alpha value is -1.10. The molecule has 0 saturated carbocycles. The Kier molecular flexibility index (Phi) is 3.99. The van der Waals surface area contributed by atoms with E-state index in [4.69, 9.17) is 16.1 Å². The monoisotopic (exact) mass is 257 g/mol. The highest BCUT2D eigenvalue weighted by atomic mass is 35.5. The van der Waals surface area contributed by atoms with Gasteiger partial charge < -0.3 is 9.42 Å². The molecule has 1 aromatic rings. The van der Waals surface area contributed by atoms with Crippen LogP contribution in [0.3, 0.4) is 0 Å². The van der Waals surface area contributed by atoms with Gasteiger partial charge in [-0.3, -0.25) is 4.79 Å². The summed E-state index contributed by atoms with van der Waals surface area (Å²) < 4.78 is 4.94. The van der Waals surface area contributed by atoms with Crippen LogP contribution in [0, 0.1) is 12.8 Å². The summed E-state index contributed by atoms with van der Waals surface area (Å²) in [5, 5.41) is 3.89. The number of hydrogen-bond acceptors (Lipinski definition) is 4. The van der Waals surface area contributed by atoms with Gasteiger partial charge in [0, 0.05) is 26.4 Å². The van der Waals surface area contributed by atoms with E-state index in [2.05, 4.69) is 10.1 Å². The first-order valence-electron chi connectivity index (χ1n) is 5.82. The molecular formula is C11H16ClN3O2. The third-order valence-corrected chi connectivity index (χ3v) is 3.35. The zero-order chi connectivity index (χ0) is 12.3. The number of rotatable bonds is 3. The fraction of sp³-hybridized carbons (Fsp3) is 0.727. The van der Waals surface area contributed by atoms with Crippen LogP contribution >= 0.6 is 11.6 Å². The first kappa shape index (κ1) is 12.4. The molecule has 0 unspecified atom stereocenters. The lowest BCUT2D eigenvalue weighted by Gasteiger charge is -2.31. The van der Waals surface area contributed by atoms with E-state index in [0.717, 1.165) is 38.2 Å². The van der Waals surface area contributed by atoms with Crippen LogP contribution in [0.1, 0.15) is 24.6 Å². The lowest BCUT2D eigenvalue weighted by Crippen LogP contribution is -2.39. The Morgan fingerprint density at radius 2 is 2.24 bits per heavy atom. The van der Waals surface area contributed by atoms with Crippen LogP contribution < -0.4 is 0 Å². The molecule has 1 aromatic heterocycles. The number of alkyl halides is 1. The van der Waals surface area contributed by atoms with E-state index >= 15 is 0 Å². The van der Waals surface area contributed by atoms with Crippen LogP contribution in [0.15, 0.2) is 4.52 Å². The van der Waals surface area contributed by atoms with Crippen LogP contribution in [-0.4, -0.2) is 39.9 Å². The quantitative estimate of drug-likeness (QED) is 0.768. The molecule has 1 fully saturated rings. The predicted octanol–water partition coefficient (Wildman–Crippen LogP) is 1.40. The topological polar surface area (TPSA) is 59.2 Å². The second-order valence-electron chi connectivity index (χ2n) is 4.39. The molecule has 0 atom stereocenters. The molecule has 17 heavy (non-hydrogen) atoms. The van der Waals surface area contributed by atoms with Gasteiger partial charge in [-0.1, -0.05) is 5.16 Å². The van der Waals surface area contributed by atoms with Crippen molar-refractivity contribution in [3.8, 4) is 0 Å². The van der Waals surface area contributed by atoms with E-state index in [0.29, 0.717) is 11.8 Å². The van der Waals surface area contributed by atoms with Crippen molar-refractivity contribution < 1.29 is 9.32 Å². The normalized spacial score (nSPS) is 17.4. The fourth-order valence-electron chi connectivity index (χ4n) is 2.15. The number of nitrogens with zero attached hydrogens (tertiary/aromatic N) is 3. The first-order chi connectivity index (χ1) is 8.19. The summed E-state index contributed by atoms with van der Waals surface area (Å²) >= 11 is 5.53. The molecule has 1 amide bonds. The maximum absolute atomic E-state index is 11.4. The number of aryl methyl sites for hydroxylation is 1. The minimum absolute atomic E-state index is 0.0283. The number of carbonyl (C=O) groups excluding carboxylic acids is 1. The molecule has 6 heteroatoms. The van der Waals surface area contributed by atoms with E-state index in [-0.39, 0.29) is 11.8 Å². The summed E-state index contributed by atoms with van der Waals surface area (Å²) in [5.74, 6) is 2.01. The van der Waals surface area contributed by atoms with Crippen molar-refractivity contribution >= 4 is 17.5 Å². The maximum Gasteiger partial charge on any atom is 0.237 e. The Balaban J connectivity index is 1.81. The van der Waals surface area contributed by atoms with Gasteiger partial charge in [0.15, 0.2) is 5.82 Å². The molecule has 0 aromatic carbocycles. The highest BCUT2D eigenvalue weighted by Gasteiger charge is 2.23. The number of aromatic nitrogens is 2. The van der Waals surface area contributed by atoms with Crippen molar-refractivity contribution in [1.29, 1.82) is 0 Å². The molecule has 0 N–H and O–H groups in total. The van der Waals surface area contributed by atoms with Gasteiger partial charge in [-0.15, -0.1) is 11.6 Å². The molecule has 1 aliphatic heterocycles. The smallest absolute Gasteiger partial charge is 0.237 e. The van der Waals surface area contributed by atoms with Gasteiger partial charge in [0.1, 0.15) is 5.88 Å². The number of carbonyl (C=O) groups is 1. The summed E-state index contributed by atoms with van der Waals surface area (Å²) in [4.78, 5) is 17.4. The molecule has 0 aliphatic carbocycles. The zero-order valence-electron chi connectivity index (χ0n) is 9.86. The van der Waals surface area contributed by atoms with Gasteiger partial charge in [0.2, 0.25) is 11.8 Å². The van der Waals surface area contributed by atoms with Crippen molar-refractivity contribution in [3.05, 3.63) is 11.7 Å². The van der Waals surface area contributed by atoms with Crippen LogP contribution in [0.4, 0.5) is 0 Å². The molecular weight excluding hydrogens is 242 g/mol. The average Bonchev–Trinajstić information content (AvgIpc) is 2.75. The van der Waals surface area contributed by atoms with Crippen LogP contribution in [0.25, 0.3) is 0 Å². The number of halogens is 1. The van der Waals surface area contributed by atoms with Gasteiger partial charge in [-0.2, -0.15) is 4.98 Å². The first-order valence-corrected chi connectivity index (χ1v) is 6.35. The van der Waals surface area contributed by atoms with Gasteiger partial charge in [-0.05, 0) is 18.8 Å². The Bertz CT molecular complexity index is 386. The van der Waals surface area contributed by atoms with Crippen LogP contribution in [-0.2, 0) is 11.2 Å². The van der Waals surface area contributed by atoms with Crippen molar-refractivity contribution in [2.45, 2.75) is 26.2 Å². The summed E-state index contributed by atoms with van der Waals surface area (Å²) in [6.45, 7) is 3.36. The molecule has 0 bridgehead atoms. The Labute approximate surface area is 105 Å². The SMILES string of the molecule is Cc1nc(CC2CCN(C(=O)CCl)CC2)no1. The highest BCUT2D eigenvalue weighted by Crippen LogP contribution is 2.20. The average molecular weight is 258 g/mol. The predicted molar refractivity (Wildman–Crippen MR) is 62.8 cm³/mol. The lowest BCUT2D eigenvalue weighted by atomic mass is 9.93. The van der Waals surface area contributed by atoms with Gasteiger partial charge >= 0.3 is 0 Å². The minimum atomic E-state index is 0.0283.